The van der Waals surface area contributed by atoms with E-state index in [-0.39, 0.29) is 18.5 Å². The molecule has 90 valence electrons. The lowest BCUT2D eigenvalue weighted by Crippen LogP contribution is -2.47. The van der Waals surface area contributed by atoms with Gasteiger partial charge in [0.05, 0.1) is 6.04 Å². The smallest absolute Gasteiger partial charge is 0.323 e. The molecule has 5 nitrogen and oxygen atoms in total. The second-order valence-electron chi connectivity index (χ2n) is 4.33. The fourth-order valence-corrected chi connectivity index (χ4v) is 2.72. The van der Waals surface area contributed by atoms with Crippen LogP contribution in [0, 0.1) is 5.92 Å². The van der Waals surface area contributed by atoms with Gasteiger partial charge in [0, 0.05) is 18.2 Å². The first-order chi connectivity index (χ1) is 7.66. The Hall–Kier alpha value is -0.750. The Labute approximate surface area is 98.6 Å². The monoisotopic (exact) mass is 244 g/mol. The normalized spacial score (nSPS) is 24.4. The van der Waals surface area contributed by atoms with Gasteiger partial charge in [0.25, 0.3) is 0 Å². The zero-order valence-corrected chi connectivity index (χ0v) is 9.83. The van der Waals surface area contributed by atoms with E-state index in [0.717, 1.165) is 24.5 Å². The SMILES string of the molecule is O=C(O)CN(CC1CC1)C(=O)C1CSCN1. The van der Waals surface area contributed by atoms with E-state index in [2.05, 4.69) is 5.32 Å². The summed E-state index contributed by atoms with van der Waals surface area (Å²) in [5.41, 5.74) is 0. The fraction of sp³-hybridized carbons (Fsp3) is 0.800. The maximum atomic E-state index is 12.0. The number of rotatable bonds is 5. The number of hydrogen-bond acceptors (Lipinski definition) is 4. The van der Waals surface area contributed by atoms with Gasteiger partial charge >= 0.3 is 5.97 Å². The second-order valence-corrected chi connectivity index (χ2v) is 5.36. The van der Waals surface area contributed by atoms with Crippen LogP contribution >= 0.6 is 11.8 Å². The Morgan fingerprint density at radius 2 is 2.19 bits per heavy atom. The molecule has 1 saturated heterocycles. The largest absolute Gasteiger partial charge is 0.480 e. The molecule has 6 heteroatoms. The van der Waals surface area contributed by atoms with Gasteiger partial charge in [0.15, 0.2) is 0 Å². The summed E-state index contributed by atoms with van der Waals surface area (Å²) in [6.45, 7) is 0.437. The maximum absolute atomic E-state index is 12.0. The average molecular weight is 244 g/mol. The number of nitrogens with zero attached hydrogens (tertiary/aromatic N) is 1. The second kappa shape index (κ2) is 5.05. The van der Waals surface area contributed by atoms with Crippen LogP contribution in [0.5, 0.6) is 0 Å². The summed E-state index contributed by atoms with van der Waals surface area (Å²) >= 11 is 1.68. The molecule has 0 spiro atoms. The predicted molar refractivity (Wildman–Crippen MR) is 61.2 cm³/mol. The van der Waals surface area contributed by atoms with Gasteiger partial charge < -0.3 is 10.0 Å². The minimum absolute atomic E-state index is 0.0562. The van der Waals surface area contributed by atoms with E-state index in [1.807, 2.05) is 0 Å². The molecule has 2 rings (SSSR count). The van der Waals surface area contributed by atoms with Crippen molar-refractivity contribution in [3.8, 4) is 0 Å². The molecule has 2 N–H and O–H groups in total. The van der Waals surface area contributed by atoms with Crippen LogP contribution in [-0.2, 0) is 9.59 Å². The third kappa shape index (κ3) is 3.12. The summed E-state index contributed by atoms with van der Waals surface area (Å²) < 4.78 is 0. The number of nitrogens with one attached hydrogen (secondary N) is 1. The van der Waals surface area contributed by atoms with E-state index < -0.39 is 5.97 Å². The summed E-state index contributed by atoms with van der Waals surface area (Å²) in [6.07, 6.45) is 2.24. The molecular weight excluding hydrogens is 228 g/mol. The van der Waals surface area contributed by atoms with E-state index >= 15 is 0 Å². The number of carbonyl (C=O) groups excluding carboxylic acids is 1. The lowest BCUT2D eigenvalue weighted by molar-refractivity contribution is -0.145. The lowest BCUT2D eigenvalue weighted by Gasteiger charge is -2.23. The minimum Gasteiger partial charge on any atom is -0.480 e. The Morgan fingerprint density at radius 1 is 1.44 bits per heavy atom. The zero-order valence-electron chi connectivity index (χ0n) is 9.02. The molecule has 0 aromatic rings. The van der Waals surface area contributed by atoms with Crippen molar-refractivity contribution >= 4 is 23.6 Å². The standard InChI is InChI=1S/C10H16N2O3S/c13-9(14)4-12(3-7-1-2-7)10(15)8-5-16-6-11-8/h7-8,11H,1-6H2,(H,13,14). The van der Waals surface area contributed by atoms with Crippen molar-refractivity contribution in [1.82, 2.24) is 10.2 Å². The van der Waals surface area contributed by atoms with E-state index in [1.54, 1.807) is 11.8 Å². The molecule has 0 aromatic heterocycles. The molecule has 1 saturated carbocycles. The molecule has 0 radical (unpaired) electrons. The van der Waals surface area contributed by atoms with Gasteiger partial charge in [0.1, 0.15) is 6.54 Å². The number of thioether (sulfide) groups is 1. The van der Waals surface area contributed by atoms with Crippen molar-refractivity contribution in [1.29, 1.82) is 0 Å². The third-order valence-corrected chi connectivity index (χ3v) is 3.77. The highest BCUT2D eigenvalue weighted by Gasteiger charge is 2.32. The summed E-state index contributed by atoms with van der Waals surface area (Å²) in [7, 11) is 0. The molecule has 1 aliphatic heterocycles. The number of hydrogen-bond donors (Lipinski definition) is 2. The molecule has 1 heterocycles. The van der Waals surface area contributed by atoms with Crippen molar-refractivity contribution in [2.45, 2.75) is 18.9 Å². The quantitative estimate of drug-likeness (QED) is 0.711. The highest BCUT2D eigenvalue weighted by atomic mass is 32.2. The van der Waals surface area contributed by atoms with Crippen LogP contribution < -0.4 is 5.32 Å². The lowest BCUT2D eigenvalue weighted by atomic mass is 10.2. The highest BCUT2D eigenvalue weighted by Crippen LogP contribution is 2.30. The van der Waals surface area contributed by atoms with E-state index in [0.29, 0.717) is 12.5 Å². The molecular formula is C10H16N2O3S. The van der Waals surface area contributed by atoms with Crippen LogP contribution in [-0.4, -0.2) is 52.6 Å². The molecule has 0 bridgehead atoms. The van der Waals surface area contributed by atoms with Crippen molar-refractivity contribution < 1.29 is 14.7 Å². The molecule has 2 aliphatic rings. The number of aliphatic carboxylic acids is 1. The van der Waals surface area contributed by atoms with Crippen molar-refractivity contribution in [2.75, 3.05) is 24.7 Å². The summed E-state index contributed by atoms with van der Waals surface area (Å²) in [5, 5.41) is 11.9. The van der Waals surface area contributed by atoms with Gasteiger partial charge in [-0.2, -0.15) is 0 Å². The van der Waals surface area contributed by atoms with Crippen LogP contribution in [0.4, 0.5) is 0 Å². The molecule has 2 fully saturated rings. The van der Waals surface area contributed by atoms with Crippen LogP contribution in [0.1, 0.15) is 12.8 Å². The van der Waals surface area contributed by atoms with Crippen LogP contribution in [0.2, 0.25) is 0 Å². The number of carbonyl (C=O) groups is 2. The average Bonchev–Trinajstić information content (AvgIpc) is 2.88. The number of carboxylic acids is 1. The Bertz CT molecular complexity index is 288. The Kier molecular flexibility index (Phi) is 3.70. The van der Waals surface area contributed by atoms with Crippen LogP contribution in [0.25, 0.3) is 0 Å². The molecule has 16 heavy (non-hydrogen) atoms. The van der Waals surface area contributed by atoms with Gasteiger partial charge in [-0.1, -0.05) is 0 Å². The zero-order chi connectivity index (χ0) is 11.5. The van der Waals surface area contributed by atoms with Crippen molar-refractivity contribution in [3.05, 3.63) is 0 Å². The van der Waals surface area contributed by atoms with Gasteiger partial charge in [-0.25, -0.2) is 0 Å². The maximum Gasteiger partial charge on any atom is 0.323 e. The van der Waals surface area contributed by atoms with Crippen LogP contribution in [0.3, 0.4) is 0 Å². The van der Waals surface area contributed by atoms with Gasteiger partial charge in [0.2, 0.25) is 5.91 Å². The summed E-state index contributed by atoms with van der Waals surface area (Å²) in [5.74, 6) is 1.07. The summed E-state index contributed by atoms with van der Waals surface area (Å²) in [6, 6.07) is -0.192. The molecule has 1 amide bonds. The third-order valence-electron chi connectivity index (χ3n) is 2.83. The van der Waals surface area contributed by atoms with Crippen molar-refractivity contribution in [3.63, 3.8) is 0 Å². The molecule has 0 aromatic carbocycles. The first-order valence-corrected chi connectivity index (χ1v) is 6.64. The first kappa shape index (κ1) is 11.7. The van der Waals surface area contributed by atoms with Gasteiger partial charge in [-0.05, 0) is 18.8 Å². The molecule has 1 unspecified atom stereocenters. The number of amides is 1. The predicted octanol–water partition coefficient (Wildman–Crippen LogP) is -0.0279. The highest BCUT2D eigenvalue weighted by molar-refractivity contribution is 7.99. The first-order valence-electron chi connectivity index (χ1n) is 5.48. The minimum atomic E-state index is -0.931. The van der Waals surface area contributed by atoms with Gasteiger partial charge in [-0.15, -0.1) is 11.8 Å². The van der Waals surface area contributed by atoms with Gasteiger partial charge in [-0.3, -0.25) is 14.9 Å². The summed E-state index contributed by atoms with van der Waals surface area (Å²) in [4.78, 5) is 24.2. The Balaban J connectivity index is 1.92. The Morgan fingerprint density at radius 3 is 2.69 bits per heavy atom. The molecule has 1 atom stereocenters. The van der Waals surface area contributed by atoms with Crippen molar-refractivity contribution in [2.24, 2.45) is 5.92 Å². The van der Waals surface area contributed by atoms with E-state index in [9.17, 15) is 9.59 Å². The van der Waals surface area contributed by atoms with E-state index in [4.69, 9.17) is 5.11 Å². The molecule has 1 aliphatic carbocycles. The fourth-order valence-electron chi connectivity index (χ4n) is 1.78. The van der Waals surface area contributed by atoms with E-state index in [1.165, 1.54) is 4.90 Å². The topological polar surface area (TPSA) is 69.6 Å². The van der Waals surface area contributed by atoms with Crippen LogP contribution in [0.15, 0.2) is 0 Å². The number of carboxylic acid groups (broad SMARTS) is 1.